The van der Waals surface area contributed by atoms with Gasteiger partial charge in [-0.3, -0.25) is 35.9 Å². The lowest BCUT2D eigenvalue weighted by Gasteiger charge is -2.31. The molecule has 4 aliphatic rings. The Kier molecular flexibility index (Phi) is 32.8. The van der Waals surface area contributed by atoms with E-state index < -0.39 is 40.1 Å². The van der Waals surface area contributed by atoms with Gasteiger partial charge in [-0.2, -0.15) is 20.4 Å². The van der Waals surface area contributed by atoms with Gasteiger partial charge in [-0.25, -0.2) is 33.7 Å². The fourth-order valence-corrected chi connectivity index (χ4v) is 24.5. The number of fused-ring (bicyclic) bond motifs is 4. The van der Waals surface area contributed by atoms with Gasteiger partial charge in [0, 0.05) is 113 Å². The van der Waals surface area contributed by atoms with Gasteiger partial charge in [-0.1, -0.05) is 142 Å². The van der Waals surface area contributed by atoms with Crippen LogP contribution in [0.1, 0.15) is 191 Å². The van der Waals surface area contributed by atoms with Gasteiger partial charge in [0.05, 0.1) is 101 Å². The van der Waals surface area contributed by atoms with Crippen LogP contribution in [0, 0.1) is 49.4 Å². The van der Waals surface area contributed by atoms with Crippen molar-refractivity contribution in [1.29, 1.82) is 0 Å². The predicted molar refractivity (Wildman–Crippen MR) is 527 cm³/mol. The van der Waals surface area contributed by atoms with Crippen molar-refractivity contribution in [2.24, 2.45) is 35.5 Å². The summed E-state index contributed by atoms with van der Waals surface area (Å²) in [4.78, 5) is 1.20. The second kappa shape index (κ2) is 44.3. The number of aryl methyl sites for hydroxylation is 5. The van der Waals surface area contributed by atoms with Crippen LogP contribution in [0.15, 0.2) is 219 Å². The number of aromatic nitrogens is 9. The molecule has 8 aromatic carbocycles. The number of rotatable bonds is 32. The molecule has 706 valence electrons. The summed E-state index contributed by atoms with van der Waals surface area (Å²) in [6, 6.07) is 52.8. The summed E-state index contributed by atoms with van der Waals surface area (Å²) < 4.78 is 146. The molecule has 25 nitrogen and oxygen atoms in total. The van der Waals surface area contributed by atoms with Crippen LogP contribution in [0.4, 0.5) is 22.7 Å². The van der Waals surface area contributed by atoms with Crippen molar-refractivity contribution in [2.75, 3.05) is 83.0 Å². The smallest absolute Gasteiger partial charge is 0.264 e. The Labute approximate surface area is 781 Å². The third-order valence-electron chi connectivity index (χ3n) is 26.0. The highest BCUT2D eigenvalue weighted by Crippen LogP contribution is 2.37. The zero-order valence-corrected chi connectivity index (χ0v) is 82.1. The number of anilines is 4. The summed E-state index contributed by atoms with van der Waals surface area (Å²) in [6.45, 7) is 34.1. The lowest BCUT2D eigenvalue weighted by Crippen LogP contribution is -2.36. The molecule has 1 aliphatic carbocycles. The molecule has 3 saturated heterocycles. The molecule has 0 unspecified atom stereocenters. The van der Waals surface area contributed by atoms with Crippen molar-refractivity contribution < 1.29 is 52.4 Å². The molecule has 29 heteroatoms. The van der Waals surface area contributed by atoms with Crippen LogP contribution in [0.25, 0.3) is 43.6 Å². The maximum absolute atomic E-state index is 14.0. The summed E-state index contributed by atoms with van der Waals surface area (Å²) in [5, 5.41) is 25.5. The number of sulfonamides is 4. The Morgan fingerprint density at radius 2 is 0.689 bits per heavy atom. The summed E-state index contributed by atoms with van der Waals surface area (Å²) in [5.41, 5.74) is 13.2. The topological polar surface area (TPSA) is 275 Å². The van der Waals surface area contributed by atoms with Gasteiger partial charge in [-0.05, 0) is 276 Å². The molecule has 132 heavy (non-hydrogen) atoms. The second-order valence-corrected chi connectivity index (χ2v) is 44.4. The fourth-order valence-electron chi connectivity index (χ4n) is 18.0. The highest BCUT2D eigenvalue weighted by Gasteiger charge is 2.34. The maximum Gasteiger partial charge on any atom is 0.264 e. The first-order valence-electron chi connectivity index (χ1n) is 47.5. The van der Waals surface area contributed by atoms with Crippen LogP contribution >= 0.6 is 0 Å². The van der Waals surface area contributed by atoms with Gasteiger partial charge >= 0.3 is 0 Å². The molecule has 1 saturated carbocycles. The average molecular weight is 1870 g/mol. The molecule has 0 amide bonds. The highest BCUT2D eigenvalue weighted by atomic mass is 32.2. The van der Waals surface area contributed by atoms with E-state index in [1.54, 1.807) is 77.6 Å². The van der Waals surface area contributed by atoms with Gasteiger partial charge in [0.1, 0.15) is 5.76 Å². The zero-order valence-electron chi connectivity index (χ0n) is 78.9. The number of nitrogens with zero attached hydrogens (tertiary/aromatic N) is 13. The summed E-state index contributed by atoms with van der Waals surface area (Å²) in [5.74, 6) is 3.56. The van der Waals surface area contributed by atoms with Gasteiger partial charge < -0.3 is 18.7 Å². The van der Waals surface area contributed by atoms with Crippen LogP contribution < -0.4 is 17.2 Å². The molecule has 0 radical (unpaired) electrons. The van der Waals surface area contributed by atoms with Crippen LogP contribution in [0.5, 0.6) is 0 Å². The number of ether oxygens (including phenoxy) is 3. The summed E-state index contributed by atoms with van der Waals surface area (Å²) >= 11 is 0. The van der Waals surface area contributed by atoms with Gasteiger partial charge in [0.15, 0.2) is 0 Å². The van der Waals surface area contributed by atoms with Crippen molar-refractivity contribution in [3.63, 3.8) is 0 Å². The van der Waals surface area contributed by atoms with E-state index in [1.807, 2.05) is 189 Å². The van der Waals surface area contributed by atoms with E-state index in [0.29, 0.717) is 94.1 Å². The highest BCUT2D eigenvalue weighted by molar-refractivity contribution is 7.93. The number of hydrogen-bond donors (Lipinski definition) is 0. The monoisotopic (exact) mass is 1870 g/mol. The van der Waals surface area contributed by atoms with Crippen LogP contribution in [0.2, 0.25) is 0 Å². The molecule has 0 N–H and O–H groups in total. The first-order chi connectivity index (χ1) is 63.5. The minimum atomic E-state index is -3.74. The molecule has 13 aromatic rings. The van der Waals surface area contributed by atoms with E-state index in [9.17, 15) is 33.7 Å². The largest absolute Gasteiger partial charge is 0.381 e. The van der Waals surface area contributed by atoms with E-state index >= 15 is 0 Å². The Morgan fingerprint density at radius 3 is 1.02 bits per heavy atom. The van der Waals surface area contributed by atoms with Gasteiger partial charge in [0.2, 0.25) is 0 Å². The van der Waals surface area contributed by atoms with E-state index in [0.717, 1.165) is 203 Å². The van der Waals surface area contributed by atoms with E-state index in [1.165, 1.54) is 54.4 Å². The molecule has 0 atom stereocenters. The van der Waals surface area contributed by atoms with Gasteiger partial charge in [-0.15, -0.1) is 0 Å². The Morgan fingerprint density at radius 1 is 0.371 bits per heavy atom. The zero-order chi connectivity index (χ0) is 93.4. The van der Waals surface area contributed by atoms with Crippen molar-refractivity contribution in [3.05, 3.63) is 234 Å². The molecule has 3 aliphatic heterocycles. The van der Waals surface area contributed by atoms with Crippen molar-refractivity contribution in [1.82, 2.24) is 44.3 Å². The number of hydrogen-bond acceptors (Lipinski definition) is 17. The lowest BCUT2D eigenvalue weighted by atomic mass is 9.89. The molecule has 0 bridgehead atoms. The Bertz CT molecular complexity index is 6430. The Hall–Kier alpha value is -10.3. The minimum absolute atomic E-state index is 0.173. The SMILES string of the molecule is CC(C)CN(c1ccc(C(C)C)cc1)S(=O)(=O)c1ccc2c(cnn2CC2CCOCC2)c1.CCCN(c1ccc(CC)cc1)S(=O)(=O)c1ccc2c(cnn2CC2CCOCC2)c1.CCc1ccc(N(CC(C)C)S(=O)(=O)c2ccc3c(cnn3Cc3c(C)noc3C)c2)cc1.CCc1ccc(N(CC2CCCCC2)S(=O)(=O)c2ccc3c(cnn3CC3CCOCC3)c2)cc1. The van der Waals surface area contributed by atoms with Crippen LogP contribution in [0.3, 0.4) is 0 Å². The van der Waals surface area contributed by atoms with Crippen LogP contribution in [-0.2, 0) is 99.7 Å². The maximum atomic E-state index is 14.0. The van der Waals surface area contributed by atoms with Crippen LogP contribution in [-0.4, -0.2) is 144 Å². The number of benzene rings is 8. The molecule has 0 spiro atoms. The van der Waals surface area contributed by atoms with Crippen molar-refractivity contribution in [2.45, 2.75) is 231 Å². The first-order valence-corrected chi connectivity index (χ1v) is 53.2. The third-order valence-corrected chi connectivity index (χ3v) is 33.2. The normalized spacial score (nSPS) is 15.4. The minimum Gasteiger partial charge on any atom is -0.381 e. The molecule has 8 heterocycles. The fraction of sp³-hybridized carbons (Fsp3) is 0.466. The summed E-state index contributed by atoms with van der Waals surface area (Å²) in [7, 11) is -14.8. The second-order valence-electron chi connectivity index (χ2n) is 36.9. The lowest BCUT2D eigenvalue weighted by molar-refractivity contribution is 0.0604. The standard InChI is InChI=1S/C28H37N3O3S.C26H35N3O3S.C25H30N4O3S.C24H31N3O3S/c1-2-22-8-10-26(11-9-22)31(21-23-6-4-3-5-7-23)35(32,33)27-12-13-28-25(18-27)19-29-30(28)20-24-14-16-34-17-15-24;1-19(2)17-29(24-7-5-22(6-8-24)20(3)4)33(30,31)25-9-10-26-23(15-25)16-27-28(26)18-21-11-13-32-14-12-21;1-6-20-7-9-22(10-8-20)29(15-17(2)3)33(30,31)23-11-12-25-21(13-23)14-26-28(25)16-24-18(4)27-32-19(24)5;1-3-13-27(22-7-5-19(4-2)6-8-22)31(28,29)23-9-10-24-21(16-23)17-25-26(24)18-20-11-14-30-15-12-20/h8-13,18-19,23-24H,2-7,14-17,20-21H2,1H3;5-10,15-16,19-21H,11-14,17-18H2,1-4H3;7-14,17H,6,15-16H2,1-5H3;5-10,16-17,20H,3-4,11-15,18H2,1-2H3. The Balaban J connectivity index is 0.000000142. The van der Waals surface area contributed by atoms with E-state index in [2.05, 4.69) is 60.2 Å². The third kappa shape index (κ3) is 23.5. The summed E-state index contributed by atoms with van der Waals surface area (Å²) in [6.07, 6.45) is 22.6. The van der Waals surface area contributed by atoms with E-state index in [4.69, 9.17) is 18.7 Å². The first kappa shape index (κ1) is 97.7. The molecular weight excluding hydrogens is 1740 g/mol. The van der Waals surface area contributed by atoms with Crippen molar-refractivity contribution in [3.8, 4) is 0 Å². The molecule has 17 rings (SSSR count). The quantitative estimate of drug-likeness (QED) is 0.0379. The molecular formula is C103H133N13O12S4. The van der Waals surface area contributed by atoms with Gasteiger partial charge in [0.25, 0.3) is 40.1 Å². The molecule has 5 aromatic heterocycles. The predicted octanol–water partition coefficient (Wildman–Crippen LogP) is 21.0. The molecule has 4 fully saturated rings. The van der Waals surface area contributed by atoms with Crippen molar-refractivity contribution >= 4 is 106 Å². The average Bonchev–Trinajstić information content (AvgIpc) is 1.53. The van der Waals surface area contributed by atoms with E-state index in [-0.39, 0.29) is 16.7 Å².